The summed E-state index contributed by atoms with van der Waals surface area (Å²) in [7, 11) is 1.57. The molecule has 8 heteroatoms. The third kappa shape index (κ3) is 2.57. The fourth-order valence-corrected chi connectivity index (χ4v) is 1.46. The number of aromatic nitrogens is 3. The van der Waals surface area contributed by atoms with E-state index < -0.39 is 23.4 Å². The molecule has 0 saturated carbocycles. The second-order valence-corrected chi connectivity index (χ2v) is 3.70. The van der Waals surface area contributed by atoms with Gasteiger partial charge >= 0.3 is 5.97 Å². The summed E-state index contributed by atoms with van der Waals surface area (Å²) in [5.74, 6) is -2.91. The monoisotopic (exact) mass is 264 g/mol. The van der Waals surface area contributed by atoms with Gasteiger partial charge in [0, 0.05) is 7.05 Å². The number of aromatic carboxylic acids is 1. The van der Waals surface area contributed by atoms with Crippen molar-refractivity contribution < 1.29 is 19.1 Å². The molecule has 0 unspecified atom stereocenters. The SMILES string of the molecule is Cn1cc(C(=O)Nc2c(F)cccc2C(=O)O)nn1. The number of rotatable bonds is 3. The molecular formula is C11H9FN4O3. The third-order valence-corrected chi connectivity index (χ3v) is 2.32. The number of nitrogens with zero attached hydrogens (tertiary/aromatic N) is 3. The van der Waals surface area contributed by atoms with Gasteiger partial charge < -0.3 is 10.4 Å². The number of aryl methyl sites for hydroxylation is 1. The van der Waals surface area contributed by atoms with Gasteiger partial charge in [0.25, 0.3) is 5.91 Å². The quantitative estimate of drug-likeness (QED) is 0.858. The average Bonchev–Trinajstić information content (AvgIpc) is 2.78. The summed E-state index contributed by atoms with van der Waals surface area (Å²) < 4.78 is 14.9. The van der Waals surface area contributed by atoms with Gasteiger partial charge in [-0.05, 0) is 12.1 Å². The molecule has 0 saturated heterocycles. The normalized spacial score (nSPS) is 10.2. The van der Waals surface area contributed by atoms with Crippen LogP contribution in [0.4, 0.5) is 10.1 Å². The first kappa shape index (κ1) is 12.7. The van der Waals surface area contributed by atoms with Crippen LogP contribution in [0.15, 0.2) is 24.4 Å². The maximum absolute atomic E-state index is 13.6. The lowest BCUT2D eigenvalue weighted by atomic mass is 10.1. The summed E-state index contributed by atoms with van der Waals surface area (Å²) in [5.41, 5.74) is -0.773. The molecule has 98 valence electrons. The number of carboxylic acid groups (broad SMARTS) is 1. The van der Waals surface area contributed by atoms with Gasteiger partial charge in [-0.1, -0.05) is 11.3 Å². The van der Waals surface area contributed by atoms with Crippen molar-refractivity contribution >= 4 is 17.6 Å². The van der Waals surface area contributed by atoms with Gasteiger partial charge in [0.2, 0.25) is 0 Å². The van der Waals surface area contributed by atoms with E-state index in [2.05, 4.69) is 15.6 Å². The van der Waals surface area contributed by atoms with Crippen LogP contribution in [-0.4, -0.2) is 32.0 Å². The molecule has 2 aromatic rings. The van der Waals surface area contributed by atoms with Crippen molar-refractivity contribution in [2.45, 2.75) is 0 Å². The zero-order chi connectivity index (χ0) is 14.0. The van der Waals surface area contributed by atoms with Gasteiger partial charge in [0.15, 0.2) is 5.69 Å². The predicted octanol–water partition coefficient (Wildman–Crippen LogP) is 0.905. The predicted molar refractivity (Wildman–Crippen MR) is 62.3 cm³/mol. The number of carboxylic acids is 1. The fourth-order valence-electron chi connectivity index (χ4n) is 1.46. The number of hydrogen-bond donors (Lipinski definition) is 2. The number of para-hydroxylation sites is 1. The molecule has 1 aromatic carbocycles. The Balaban J connectivity index is 2.33. The minimum absolute atomic E-state index is 0.0397. The maximum atomic E-state index is 13.6. The number of anilines is 1. The van der Waals surface area contributed by atoms with E-state index >= 15 is 0 Å². The summed E-state index contributed by atoms with van der Waals surface area (Å²) in [5, 5.41) is 18.2. The Hall–Kier alpha value is -2.77. The molecule has 0 bridgehead atoms. The zero-order valence-electron chi connectivity index (χ0n) is 9.79. The molecule has 1 amide bonds. The lowest BCUT2D eigenvalue weighted by Crippen LogP contribution is -2.16. The van der Waals surface area contributed by atoms with Gasteiger partial charge in [0.05, 0.1) is 17.4 Å². The van der Waals surface area contributed by atoms with E-state index in [-0.39, 0.29) is 11.3 Å². The molecule has 7 nitrogen and oxygen atoms in total. The highest BCUT2D eigenvalue weighted by Gasteiger charge is 2.18. The number of hydrogen-bond acceptors (Lipinski definition) is 4. The summed E-state index contributed by atoms with van der Waals surface area (Å²) in [6.45, 7) is 0. The van der Waals surface area contributed by atoms with Gasteiger partial charge in [-0.3, -0.25) is 9.48 Å². The molecule has 1 heterocycles. The molecule has 0 fully saturated rings. The summed E-state index contributed by atoms with van der Waals surface area (Å²) in [6.07, 6.45) is 1.33. The Morgan fingerprint density at radius 2 is 2.16 bits per heavy atom. The van der Waals surface area contributed by atoms with E-state index in [9.17, 15) is 14.0 Å². The molecule has 0 aliphatic heterocycles. The summed E-state index contributed by atoms with van der Waals surface area (Å²) in [4.78, 5) is 22.7. The van der Waals surface area contributed by atoms with Crippen LogP contribution in [0.5, 0.6) is 0 Å². The highest BCUT2D eigenvalue weighted by Crippen LogP contribution is 2.20. The average molecular weight is 264 g/mol. The third-order valence-electron chi connectivity index (χ3n) is 2.32. The van der Waals surface area contributed by atoms with Gasteiger partial charge in [-0.15, -0.1) is 5.10 Å². The molecule has 2 N–H and O–H groups in total. The molecule has 0 atom stereocenters. The van der Waals surface area contributed by atoms with Crippen molar-refractivity contribution in [3.63, 3.8) is 0 Å². The van der Waals surface area contributed by atoms with Crippen LogP contribution in [0, 0.1) is 5.82 Å². The van der Waals surface area contributed by atoms with E-state index in [0.29, 0.717) is 0 Å². The van der Waals surface area contributed by atoms with Crippen LogP contribution in [0.2, 0.25) is 0 Å². The number of carbonyl (C=O) groups excluding carboxylic acids is 1. The van der Waals surface area contributed by atoms with Crippen LogP contribution in [0.3, 0.4) is 0 Å². The highest BCUT2D eigenvalue weighted by molar-refractivity contribution is 6.06. The summed E-state index contributed by atoms with van der Waals surface area (Å²) in [6, 6.07) is 3.49. The van der Waals surface area contributed by atoms with Crippen molar-refractivity contribution in [1.29, 1.82) is 0 Å². The van der Waals surface area contributed by atoms with Crippen molar-refractivity contribution in [1.82, 2.24) is 15.0 Å². The Labute approximate surface area is 106 Å². The number of carbonyl (C=O) groups is 2. The van der Waals surface area contributed by atoms with Crippen LogP contribution >= 0.6 is 0 Å². The fraction of sp³-hybridized carbons (Fsp3) is 0.0909. The van der Waals surface area contributed by atoms with Gasteiger partial charge in [-0.25, -0.2) is 9.18 Å². The van der Waals surface area contributed by atoms with Crippen LogP contribution in [0.25, 0.3) is 0 Å². The lowest BCUT2D eigenvalue weighted by Gasteiger charge is -2.07. The Kier molecular flexibility index (Phi) is 3.23. The van der Waals surface area contributed by atoms with Crippen molar-refractivity contribution in [2.75, 3.05) is 5.32 Å². The van der Waals surface area contributed by atoms with E-state index in [1.807, 2.05) is 0 Å². The van der Waals surface area contributed by atoms with Crippen molar-refractivity contribution in [2.24, 2.45) is 7.05 Å². The second kappa shape index (κ2) is 4.84. The first-order valence-electron chi connectivity index (χ1n) is 5.18. The van der Waals surface area contributed by atoms with Crippen molar-refractivity contribution in [3.8, 4) is 0 Å². The molecule has 0 aliphatic carbocycles. The Morgan fingerprint density at radius 3 is 2.74 bits per heavy atom. The number of benzene rings is 1. The van der Waals surface area contributed by atoms with E-state index in [1.165, 1.54) is 23.0 Å². The first-order valence-corrected chi connectivity index (χ1v) is 5.18. The standard InChI is InChI=1S/C11H9FN4O3/c1-16-5-8(14-15-16)10(17)13-9-6(11(18)19)3-2-4-7(9)12/h2-5H,1H3,(H,13,17)(H,18,19). The largest absolute Gasteiger partial charge is 0.478 e. The molecule has 19 heavy (non-hydrogen) atoms. The molecule has 1 aromatic heterocycles. The van der Waals surface area contributed by atoms with Gasteiger partial charge in [0.1, 0.15) is 5.82 Å². The van der Waals surface area contributed by atoms with Crippen LogP contribution < -0.4 is 5.32 Å². The van der Waals surface area contributed by atoms with E-state index in [1.54, 1.807) is 7.05 Å². The van der Waals surface area contributed by atoms with Gasteiger partial charge in [-0.2, -0.15) is 0 Å². The zero-order valence-corrected chi connectivity index (χ0v) is 9.79. The minimum Gasteiger partial charge on any atom is -0.478 e. The molecule has 0 spiro atoms. The highest BCUT2D eigenvalue weighted by atomic mass is 19.1. The van der Waals surface area contributed by atoms with Crippen LogP contribution in [-0.2, 0) is 7.05 Å². The second-order valence-electron chi connectivity index (χ2n) is 3.70. The summed E-state index contributed by atoms with van der Waals surface area (Å²) >= 11 is 0. The number of nitrogens with one attached hydrogen (secondary N) is 1. The molecule has 0 radical (unpaired) electrons. The molecular weight excluding hydrogens is 255 g/mol. The molecule has 0 aliphatic rings. The number of amides is 1. The maximum Gasteiger partial charge on any atom is 0.337 e. The van der Waals surface area contributed by atoms with E-state index in [4.69, 9.17) is 5.11 Å². The topological polar surface area (TPSA) is 97.1 Å². The smallest absolute Gasteiger partial charge is 0.337 e. The Morgan fingerprint density at radius 1 is 1.42 bits per heavy atom. The van der Waals surface area contributed by atoms with E-state index in [0.717, 1.165) is 6.07 Å². The Bertz CT molecular complexity index is 653. The minimum atomic E-state index is -1.34. The first-order chi connectivity index (χ1) is 8.99. The van der Waals surface area contributed by atoms with Crippen LogP contribution in [0.1, 0.15) is 20.8 Å². The number of halogens is 1. The molecule has 2 rings (SSSR count). The van der Waals surface area contributed by atoms with Crippen molar-refractivity contribution in [3.05, 3.63) is 41.5 Å². The lowest BCUT2D eigenvalue weighted by molar-refractivity contribution is 0.0697.